The summed E-state index contributed by atoms with van der Waals surface area (Å²) in [6, 6.07) is 13.6. The van der Waals surface area contributed by atoms with E-state index in [4.69, 9.17) is 10.8 Å². The highest BCUT2D eigenvalue weighted by molar-refractivity contribution is 6.06. The van der Waals surface area contributed by atoms with Crippen LogP contribution in [0.3, 0.4) is 0 Å². The quantitative estimate of drug-likeness (QED) is 0.592. The molecule has 5 N–H and O–H groups in total. The van der Waals surface area contributed by atoms with Crippen molar-refractivity contribution in [3.05, 3.63) is 65.4 Å². The number of aliphatic hydroxyl groups is 1. The molecule has 0 unspecified atom stereocenters. The Labute approximate surface area is 131 Å². The van der Waals surface area contributed by atoms with E-state index >= 15 is 0 Å². The van der Waals surface area contributed by atoms with E-state index in [0.29, 0.717) is 16.9 Å². The molecule has 0 radical (unpaired) electrons. The first-order chi connectivity index (χ1) is 11.1. The number of aliphatic hydroxyl groups excluding tert-OH is 1. The second-order valence-corrected chi connectivity index (χ2v) is 5.16. The van der Waals surface area contributed by atoms with Crippen molar-refractivity contribution in [1.29, 1.82) is 0 Å². The van der Waals surface area contributed by atoms with Crippen molar-refractivity contribution in [1.82, 2.24) is 4.98 Å². The van der Waals surface area contributed by atoms with Gasteiger partial charge in [0.2, 0.25) is 5.91 Å². The Kier molecular flexibility index (Phi) is 3.82. The molecule has 3 aromatic rings. The number of carbonyl (C=O) groups excluding carboxylic acids is 2. The maximum Gasteiger partial charge on any atom is 0.272 e. The van der Waals surface area contributed by atoms with Gasteiger partial charge in [0.25, 0.3) is 5.91 Å². The van der Waals surface area contributed by atoms with Gasteiger partial charge in [-0.3, -0.25) is 9.59 Å². The first-order valence-electron chi connectivity index (χ1n) is 7.00. The number of rotatable bonds is 4. The van der Waals surface area contributed by atoms with Crippen LogP contribution in [-0.4, -0.2) is 21.9 Å². The second kappa shape index (κ2) is 5.94. The lowest BCUT2D eigenvalue weighted by Crippen LogP contribution is -2.14. The maximum atomic E-state index is 12.3. The van der Waals surface area contributed by atoms with Gasteiger partial charge in [-0.05, 0) is 42.0 Å². The van der Waals surface area contributed by atoms with E-state index in [1.54, 1.807) is 30.3 Å². The van der Waals surface area contributed by atoms with Crippen molar-refractivity contribution in [3.63, 3.8) is 0 Å². The van der Waals surface area contributed by atoms with Crippen LogP contribution in [0.15, 0.2) is 48.5 Å². The van der Waals surface area contributed by atoms with E-state index in [0.717, 1.165) is 16.5 Å². The highest BCUT2D eigenvalue weighted by Crippen LogP contribution is 2.19. The third kappa shape index (κ3) is 3.07. The number of benzene rings is 2. The molecule has 0 fully saturated rings. The highest BCUT2D eigenvalue weighted by Gasteiger charge is 2.11. The van der Waals surface area contributed by atoms with Crippen LogP contribution in [0.25, 0.3) is 10.9 Å². The number of nitrogens with one attached hydrogen (secondary N) is 2. The smallest absolute Gasteiger partial charge is 0.272 e. The van der Waals surface area contributed by atoms with E-state index in [9.17, 15) is 9.59 Å². The molecule has 0 spiro atoms. The highest BCUT2D eigenvalue weighted by atomic mass is 16.3. The van der Waals surface area contributed by atoms with Crippen LogP contribution >= 0.6 is 0 Å². The average molecular weight is 309 g/mol. The van der Waals surface area contributed by atoms with Gasteiger partial charge in [0.15, 0.2) is 0 Å². The number of anilines is 1. The molecule has 116 valence electrons. The summed E-state index contributed by atoms with van der Waals surface area (Å²) in [7, 11) is 0. The van der Waals surface area contributed by atoms with Crippen LogP contribution in [0.2, 0.25) is 0 Å². The summed E-state index contributed by atoms with van der Waals surface area (Å²) in [4.78, 5) is 26.5. The molecule has 6 heteroatoms. The number of hydrogen-bond acceptors (Lipinski definition) is 3. The van der Waals surface area contributed by atoms with E-state index in [1.165, 1.54) is 6.07 Å². The van der Waals surface area contributed by atoms with Gasteiger partial charge in [0, 0.05) is 22.2 Å². The topological polar surface area (TPSA) is 108 Å². The molecule has 2 amide bonds. The molecule has 0 saturated carbocycles. The molecule has 1 heterocycles. The first kappa shape index (κ1) is 14.8. The number of hydrogen-bond donors (Lipinski definition) is 4. The van der Waals surface area contributed by atoms with Crippen molar-refractivity contribution < 1.29 is 14.7 Å². The predicted molar refractivity (Wildman–Crippen MR) is 87.1 cm³/mol. The summed E-state index contributed by atoms with van der Waals surface area (Å²) in [6.45, 7) is -0.0530. The Bertz CT molecular complexity index is 899. The van der Waals surface area contributed by atoms with Gasteiger partial charge in [-0.25, -0.2) is 0 Å². The first-order valence-corrected chi connectivity index (χ1v) is 7.00. The molecule has 0 aliphatic rings. The maximum absolute atomic E-state index is 12.3. The zero-order valence-corrected chi connectivity index (χ0v) is 12.2. The number of aromatic nitrogens is 1. The molecule has 0 aliphatic carbocycles. The Morgan fingerprint density at radius 2 is 1.96 bits per heavy atom. The third-order valence-corrected chi connectivity index (χ3v) is 3.52. The fraction of sp³-hybridized carbons (Fsp3) is 0.0588. The molecule has 1 aromatic heterocycles. The lowest BCUT2D eigenvalue weighted by Gasteiger charge is -2.04. The van der Waals surface area contributed by atoms with Crippen LogP contribution in [0.1, 0.15) is 26.4 Å². The van der Waals surface area contributed by atoms with Crippen molar-refractivity contribution in [2.75, 3.05) is 5.32 Å². The number of nitrogens with two attached hydrogens (primary N) is 1. The number of primary amides is 1. The van der Waals surface area contributed by atoms with Gasteiger partial charge >= 0.3 is 0 Å². The molecular formula is C17H15N3O3. The van der Waals surface area contributed by atoms with Gasteiger partial charge < -0.3 is 21.1 Å². The van der Waals surface area contributed by atoms with Crippen molar-refractivity contribution >= 4 is 28.4 Å². The van der Waals surface area contributed by atoms with E-state index in [1.807, 2.05) is 12.1 Å². The molecule has 23 heavy (non-hydrogen) atoms. The fourth-order valence-electron chi connectivity index (χ4n) is 2.35. The fourth-order valence-corrected chi connectivity index (χ4v) is 2.35. The molecule has 2 aromatic carbocycles. The molecule has 0 atom stereocenters. The SMILES string of the molecule is NC(=O)c1cccc(NC(=O)c2cc3cc(CO)ccc3[nH]2)c1. The minimum Gasteiger partial charge on any atom is -0.392 e. The summed E-state index contributed by atoms with van der Waals surface area (Å²) in [6.07, 6.45) is 0. The van der Waals surface area contributed by atoms with Gasteiger partial charge in [-0.1, -0.05) is 12.1 Å². The largest absolute Gasteiger partial charge is 0.392 e. The summed E-state index contributed by atoms with van der Waals surface area (Å²) in [5, 5.41) is 12.7. The Morgan fingerprint density at radius 1 is 1.13 bits per heavy atom. The van der Waals surface area contributed by atoms with Crippen LogP contribution in [0, 0.1) is 0 Å². The third-order valence-electron chi connectivity index (χ3n) is 3.52. The lowest BCUT2D eigenvalue weighted by molar-refractivity contribution is 0.0995. The zero-order chi connectivity index (χ0) is 16.4. The Balaban J connectivity index is 1.85. The van der Waals surface area contributed by atoms with Crippen LogP contribution in [0.5, 0.6) is 0 Å². The number of H-pyrrole nitrogens is 1. The number of aromatic amines is 1. The van der Waals surface area contributed by atoms with Gasteiger partial charge in [-0.2, -0.15) is 0 Å². The monoisotopic (exact) mass is 309 g/mol. The second-order valence-electron chi connectivity index (χ2n) is 5.16. The summed E-state index contributed by atoms with van der Waals surface area (Å²) < 4.78 is 0. The van der Waals surface area contributed by atoms with Gasteiger partial charge in [-0.15, -0.1) is 0 Å². The molecule has 6 nitrogen and oxygen atoms in total. The van der Waals surface area contributed by atoms with Gasteiger partial charge in [0.1, 0.15) is 5.69 Å². The zero-order valence-electron chi connectivity index (χ0n) is 12.2. The van der Waals surface area contributed by atoms with Crippen molar-refractivity contribution in [2.24, 2.45) is 5.73 Å². The number of carbonyl (C=O) groups is 2. The normalized spacial score (nSPS) is 10.7. The average Bonchev–Trinajstić information content (AvgIpc) is 2.98. The van der Waals surface area contributed by atoms with Gasteiger partial charge in [0.05, 0.1) is 6.61 Å². The lowest BCUT2D eigenvalue weighted by atomic mass is 10.1. The molecular weight excluding hydrogens is 294 g/mol. The van der Waals surface area contributed by atoms with Crippen LogP contribution < -0.4 is 11.1 Å². The van der Waals surface area contributed by atoms with E-state index in [2.05, 4.69) is 10.3 Å². The van der Waals surface area contributed by atoms with Crippen molar-refractivity contribution in [3.8, 4) is 0 Å². The standard InChI is InChI=1S/C17H15N3O3/c18-16(22)11-2-1-3-13(7-11)19-17(23)15-8-12-6-10(9-21)4-5-14(12)20-15/h1-8,20-21H,9H2,(H2,18,22)(H,19,23). The molecule has 3 rings (SSSR count). The molecule has 0 aliphatic heterocycles. The predicted octanol–water partition coefficient (Wildman–Crippen LogP) is 2.01. The number of fused-ring (bicyclic) bond motifs is 1. The summed E-state index contributed by atoms with van der Waals surface area (Å²) in [5.41, 5.74) is 8.01. The summed E-state index contributed by atoms with van der Waals surface area (Å²) >= 11 is 0. The van der Waals surface area contributed by atoms with Crippen LogP contribution in [0.4, 0.5) is 5.69 Å². The Hall–Kier alpha value is -3.12. The number of amides is 2. The van der Waals surface area contributed by atoms with E-state index < -0.39 is 5.91 Å². The minimum atomic E-state index is -0.553. The minimum absolute atomic E-state index is 0.0530. The summed E-state index contributed by atoms with van der Waals surface area (Å²) in [5.74, 6) is -0.878. The van der Waals surface area contributed by atoms with E-state index in [-0.39, 0.29) is 12.5 Å². The molecule has 0 bridgehead atoms. The van der Waals surface area contributed by atoms with Crippen molar-refractivity contribution in [2.45, 2.75) is 6.61 Å². The molecule has 0 saturated heterocycles. The van der Waals surface area contributed by atoms with Crippen LogP contribution in [-0.2, 0) is 6.61 Å². The Morgan fingerprint density at radius 3 is 2.70 bits per heavy atom.